The topological polar surface area (TPSA) is 65.1 Å². The lowest BCUT2D eigenvalue weighted by molar-refractivity contribution is 0.240. The number of pyridine rings is 1. The van der Waals surface area contributed by atoms with Gasteiger partial charge in [0.1, 0.15) is 0 Å². The van der Waals surface area contributed by atoms with Crippen molar-refractivity contribution in [2.45, 2.75) is 25.9 Å². The first-order chi connectivity index (χ1) is 11.7. The van der Waals surface area contributed by atoms with E-state index in [2.05, 4.69) is 10.3 Å². The van der Waals surface area contributed by atoms with E-state index >= 15 is 0 Å². The smallest absolute Gasteiger partial charge is 0.252 e. The second-order valence-corrected chi connectivity index (χ2v) is 6.11. The van der Waals surface area contributed by atoms with Crippen molar-refractivity contribution in [3.8, 4) is 0 Å². The molecule has 0 radical (unpaired) electrons. The molecule has 1 atom stereocenters. The van der Waals surface area contributed by atoms with Crippen molar-refractivity contribution in [2.24, 2.45) is 0 Å². The van der Waals surface area contributed by atoms with Crippen molar-refractivity contribution in [3.05, 3.63) is 81.6 Å². The van der Waals surface area contributed by atoms with Crippen LogP contribution in [-0.4, -0.2) is 22.7 Å². The summed E-state index contributed by atoms with van der Waals surface area (Å²) >= 11 is 0. The van der Waals surface area contributed by atoms with Crippen molar-refractivity contribution in [1.82, 2.24) is 10.3 Å². The zero-order valence-electron chi connectivity index (χ0n) is 13.8. The normalized spacial score (nSPS) is 12.4. The maximum atomic E-state index is 12.3. The summed E-state index contributed by atoms with van der Waals surface area (Å²) < 4.78 is 0. The fourth-order valence-corrected chi connectivity index (χ4v) is 2.91. The van der Waals surface area contributed by atoms with Gasteiger partial charge in [0.05, 0.1) is 12.1 Å². The molecule has 4 heteroatoms. The van der Waals surface area contributed by atoms with Crippen molar-refractivity contribution < 1.29 is 5.11 Å². The summed E-state index contributed by atoms with van der Waals surface area (Å²) in [5, 5.41) is 13.9. The monoisotopic (exact) mass is 322 g/mol. The summed E-state index contributed by atoms with van der Waals surface area (Å²) in [5.74, 6) is 0. The fourth-order valence-electron chi connectivity index (χ4n) is 2.91. The summed E-state index contributed by atoms with van der Waals surface area (Å²) in [6.07, 6.45) is 0.724. The molecule has 0 saturated carbocycles. The maximum Gasteiger partial charge on any atom is 0.252 e. The average molecular weight is 322 g/mol. The zero-order chi connectivity index (χ0) is 16.9. The number of nitrogens with one attached hydrogen (secondary N) is 2. The van der Waals surface area contributed by atoms with Gasteiger partial charge in [0, 0.05) is 18.2 Å². The van der Waals surface area contributed by atoms with Gasteiger partial charge in [0.25, 0.3) is 5.56 Å². The lowest BCUT2D eigenvalue weighted by atomic mass is 10.1. The van der Waals surface area contributed by atoms with Crippen molar-refractivity contribution in [2.75, 3.05) is 6.61 Å². The van der Waals surface area contributed by atoms with Crippen LogP contribution < -0.4 is 10.9 Å². The van der Waals surface area contributed by atoms with Crippen LogP contribution in [0.25, 0.3) is 10.9 Å². The van der Waals surface area contributed by atoms with E-state index in [-0.39, 0.29) is 18.2 Å². The van der Waals surface area contributed by atoms with Gasteiger partial charge in [-0.15, -0.1) is 0 Å². The lowest BCUT2D eigenvalue weighted by Gasteiger charge is -2.16. The Morgan fingerprint density at radius 3 is 2.67 bits per heavy atom. The minimum absolute atomic E-state index is 0.0273. The number of benzene rings is 2. The molecule has 3 aromatic rings. The number of aryl methyl sites for hydroxylation is 1. The molecule has 1 heterocycles. The van der Waals surface area contributed by atoms with Crippen LogP contribution in [0, 0.1) is 6.92 Å². The molecule has 0 amide bonds. The summed E-state index contributed by atoms with van der Waals surface area (Å²) in [5.41, 5.74) is 3.70. The molecule has 4 nitrogen and oxygen atoms in total. The first-order valence-corrected chi connectivity index (χ1v) is 8.17. The first-order valence-electron chi connectivity index (χ1n) is 8.17. The van der Waals surface area contributed by atoms with Crippen molar-refractivity contribution >= 4 is 10.9 Å². The van der Waals surface area contributed by atoms with E-state index in [1.165, 1.54) is 0 Å². The molecule has 0 spiro atoms. The summed E-state index contributed by atoms with van der Waals surface area (Å²) in [6, 6.07) is 17.8. The van der Waals surface area contributed by atoms with Gasteiger partial charge in [0.15, 0.2) is 0 Å². The minimum Gasteiger partial charge on any atom is -0.395 e. The van der Waals surface area contributed by atoms with Crippen LogP contribution in [0.4, 0.5) is 0 Å². The number of aliphatic hydroxyl groups is 1. The lowest BCUT2D eigenvalue weighted by Crippen LogP contribution is -2.35. The molecule has 0 unspecified atom stereocenters. The van der Waals surface area contributed by atoms with E-state index in [1.807, 2.05) is 61.5 Å². The number of fused-ring (bicyclic) bond motifs is 1. The Hall–Kier alpha value is -2.43. The van der Waals surface area contributed by atoms with Gasteiger partial charge in [-0.05, 0) is 35.9 Å². The Bertz CT molecular complexity index is 872. The molecular weight excluding hydrogens is 300 g/mol. The Morgan fingerprint density at radius 2 is 1.92 bits per heavy atom. The molecule has 0 aliphatic rings. The van der Waals surface area contributed by atoms with Crippen LogP contribution in [0.3, 0.4) is 0 Å². The number of aromatic amines is 1. The molecule has 0 bridgehead atoms. The fraction of sp³-hybridized carbons (Fsp3) is 0.250. The average Bonchev–Trinajstić information content (AvgIpc) is 2.60. The number of aliphatic hydroxyl groups excluding tert-OH is 1. The minimum atomic E-state index is -0.0833. The van der Waals surface area contributed by atoms with Crippen LogP contribution in [0.2, 0.25) is 0 Å². The van der Waals surface area contributed by atoms with Crippen molar-refractivity contribution in [1.29, 1.82) is 0 Å². The Labute approximate surface area is 141 Å². The van der Waals surface area contributed by atoms with E-state index in [4.69, 9.17) is 0 Å². The maximum absolute atomic E-state index is 12.3. The van der Waals surface area contributed by atoms with Crippen LogP contribution in [-0.2, 0) is 13.0 Å². The molecule has 124 valence electrons. The molecule has 1 aromatic heterocycles. The standard InChI is InChI=1S/C20H22N2O2/c1-14-6-5-9-16-11-17(20(24)22-19(14)16)12-21-18(13-23)10-15-7-3-2-4-8-15/h2-9,11,18,21,23H,10,12-13H2,1H3,(H,22,24)/t18-/m1/s1. The SMILES string of the molecule is Cc1cccc2cc(CN[C@@H](CO)Cc3ccccc3)c(=O)[nH]c12. The second-order valence-electron chi connectivity index (χ2n) is 6.11. The highest BCUT2D eigenvalue weighted by Crippen LogP contribution is 2.15. The molecule has 0 saturated heterocycles. The third-order valence-electron chi connectivity index (χ3n) is 4.29. The zero-order valence-corrected chi connectivity index (χ0v) is 13.8. The number of H-pyrrole nitrogens is 1. The van der Waals surface area contributed by atoms with Crippen LogP contribution in [0.15, 0.2) is 59.4 Å². The Kier molecular flexibility index (Phi) is 5.08. The Morgan fingerprint density at radius 1 is 1.12 bits per heavy atom. The summed E-state index contributed by atoms with van der Waals surface area (Å²) in [6.45, 7) is 2.44. The molecule has 0 fully saturated rings. The Balaban J connectivity index is 1.74. The molecule has 2 aromatic carbocycles. The number of para-hydroxylation sites is 1. The first kappa shape index (κ1) is 16.4. The van der Waals surface area contributed by atoms with Gasteiger partial charge >= 0.3 is 0 Å². The highest BCUT2D eigenvalue weighted by molar-refractivity contribution is 5.81. The predicted octanol–water partition coefficient (Wildman–Crippen LogP) is 2.53. The third kappa shape index (κ3) is 3.72. The number of hydrogen-bond donors (Lipinski definition) is 3. The summed E-state index contributed by atoms with van der Waals surface area (Å²) in [4.78, 5) is 15.2. The quantitative estimate of drug-likeness (QED) is 0.653. The molecule has 0 aliphatic carbocycles. The van der Waals surface area contributed by atoms with E-state index in [9.17, 15) is 9.90 Å². The largest absolute Gasteiger partial charge is 0.395 e. The van der Waals surface area contributed by atoms with Crippen LogP contribution in [0.1, 0.15) is 16.7 Å². The van der Waals surface area contributed by atoms with Gasteiger partial charge in [-0.3, -0.25) is 4.79 Å². The van der Waals surface area contributed by atoms with Gasteiger partial charge < -0.3 is 15.4 Å². The van der Waals surface area contributed by atoms with Crippen molar-refractivity contribution in [3.63, 3.8) is 0 Å². The van der Waals surface area contributed by atoms with Gasteiger partial charge in [-0.25, -0.2) is 0 Å². The van der Waals surface area contributed by atoms with Crippen LogP contribution in [0.5, 0.6) is 0 Å². The predicted molar refractivity (Wildman–Crippen MR) is 97.2 cm³/mol. The molecule has 3 N–H and O–H groups in total. The molecular formula is C20H22N2O2. The molecule has 24 heavy (non-hydrogen) atoms. The van der Waals surface area contributed by atoms with Gasteiger partial charge in [0.2, 0.25) is 0 Å². The highest BCUT2D eigenvalue weighted by atomic mass is 16.3. The van der Waals surface area contributed by atoms with E-state index in [1.54, 1.807) is 0 Å². The van der Waals surface area contributed by atoms with Gasteiger partial charge in [-0.1, -0.05) is 48.5 Å². The van der Waals surface area contributed by atoms with Gasteiger partial charge in [-0.2, -0.15) is 0 Å². The summed E-state index contributed by atoms with van der Waals surface area (Å²) in [7, 11) is 0. The highest BCUT2D eigenvalue weighted by Gasteiger charge is 2.10. The number of hydrogen-bond acceptors (Lipinski definition) is 3. The third-order valence-corrected chi connectivity index (χ3v) is 4.29. The second kappa shape index (κ2) is 7.43. The van der Waals surface area contributed by atoms with Crippen LogP contribution >= 0.6 is 0 Å². The molecule has 3 rings (SSSR count). The van der Waals surface area contributed by atoms with E-state index in [0.717, 1.165) is 28.5 Å². The molecule has 0 aliphatic heterocycles. The van der Waals surface area contributed by atoms with E-state index < -0.39 is 0 Å². The number of rotatable bonds is 6. The number of aromatic nitrogens is 1. The van der Waals surface area contributed by atoms with E-state index in [0.29, 0.717) is 12.1 Å².